The minimum absolute atomic E-state index is 0.215. The molecule has 2 rings (SSSR count). The van der Waals surface area contributed by atoms with Crippen molar-refractivity contribution in [2.45, 2.75) is 6.92 Å². The van der Waals surface area contributed by atoms with Crippen molar-refractivity contribution < 1.29 is 4.79 Å². The van der Waals surface area contributed by atoms with Crippen molar-refractivity contribution in [1.29, 1.82) is 0 Å². The van der Waals surface area contributed by atoms with Gasteiger partial charge in [-0.15, -0.1) is 0 Å². The van der Waals surface area contributed by atoms with Gasteiger partial charge < -0.3 is 5.32 Å². The van der Waals surface area contributed by atoms with E-state index in [2.05, 4.69) is 31.3 Å². The molecule has 0 spiro atoms. The summed E-state index contributed by atoms with van der Waals surface area (Å²) in [6.07, 6.45) is 3.41. The lowest BCUT2D eigenvalue weighted by atomic mass is 10.3. The number of aryl methyl sites for hydroxylation is 1. The molecule has 0 unspecified atom stereocenters. The average Bonchev–Trinajstić information content (AvgIpc) is 2.81. The second-order valence-electron chi connectivity index (χ2n) is 3.49. The normalized spacial score (nSPS) is 10.3. The molecule has 0 aliphatic carbocycles. The van der Waals surface area contributed by atoms with E-state index in [0.29, 0.717) is 11.5 Å². The summed E-state index contributed by atoms with van der Waals surface area (Å²) in [5.74, 6) is 0.452. The lowest BCUT2D eigenvalue weighted by Gasteiger charge is -2.05. The smallest absolute Gasteiger partial charge is 0.271 e. The van der Waals surface area contributed by atoms with Gasteiger partial charge in [0, 0.05) is 19.4 Å². The van der Waals surface area contributed by atoms with Gasteiger partial charge in [0.05, 0.1) is 4.47 Å². The van der Waals surface area contributed by atoms with E-state index in [4.69, 9.17) is 0 Å². The lowest BCUT2D eigenvalue weighted by molar-refractivity contribution is 0.0957. The highest BCUT2D eigenvalue weighted by Gasteiger charge is 2.11. The van der Waals surface area contributed by atoms with Crippen LogP contribution in [0.4, 0.5) is 0 Å². The Morgan fingerprint density at radius 1 is 1.47 bits per heavy atom. The van der Waals surface area contributed by atoms with Crippen LogP contribution >= 0.6 is 15.9 Å². The molecule has 2 aromatic heterocycles. The number of hydrogen-bond donors (Lipinski definition) is 1. The predicted molar refractivity (Wildman–Crippen MR) is 67.2 cm³/mol. The van der Waals surface area contributed by atoms with E-state index in [0.717, 1.165) is 10.0 Å². The number of halogens is 1. The number of pyridine rings is 1. The van der Waals surface area contributed by atoms with Gasteiger partial charge in [0.1, 0.15) is 0 Å². The highest BCUT2D eigenvalue weighted by molar-refractivity contribution is 9.10. The maximum atomic E-state index is 11.4. The molecule has 88 valence electrons. The molecule has 0 atom stereocenters. The summed E-state index contributed by atoms with van der Waals surface area (Å²) in [7, 11) is 1.57. The first kappa shape index (κ1) is 11.8. The van der Waals surface area contributed by atoms with Crippen LogP contribution in [0.15, 0.2) is 29.0 Å². The molecule has 0 saturated heterocycles. The Labute approximate surface area is 107 Å². The van der Waals surface area contributed by atoms with Gasteiger partial charge >= 0.3 is 0 Å². The molecule has 1 amide bonds. The fourth-order valence-electron chi connectivity index (χ4n) is 1.38. The largest absolute Gasteiger partial charge is 0.354 e. The number of carbonyl (C=O) groups is 1. The summed E-state index contributed by atoms with van der Waals surface area (Å²) >= 11 is 3.46. The number of carbonyl (C=O) groups excluding carboxylic acids is 1. The Balaban J connectivity index is 2.44. The van der Waals surface area contributed by atoms with Crippen LogP contribution in [0.3, 0.4) is 0 Å². The Morgan fingerprint density at radius 2 is 2.24 bits per heavy atom. The molecule has 5 nitrogen and oxygen atoms in total. The van der Waals surface area contributed by atoms with Crippen LogP contribution in [0.25, 0.3) is 5.82 Å². The average molecular weight is 295 g/mol. The molecule has 2 heterocycles. The SMILES string of the molecule is CNC(=O)c1ccn(-c2nccc(C)c2Br)n1. The third-order valence-electron chi connectivity index (χ3n) is 2.33. The Bertz CT molecular complexity index is 564. The van der Waals surface area contributed by atoms with Crippen molar-refractivity contribution in [2.75, 3.05) is 7.05 Å². The molecule has 2 aromatic rings. The topological polar surface area (TPSA) is 59.8 Å². The van der Waals surface area contributed by atoms with Crippen LogP contribution in [0.5, 0.6) is 0 Å². The number of nitrogens with zero attached hydrogens (tertiary/aromatic N) is 3. The van der Waals surface area contributed by atoms with Gasteiger partial charge in [-0.3, -0.25) is 4.79 Å². The van der Waals surface area contributed by atoms with Gasteiger partial charge in [-0.2, -0.15) is 5.10 Å². The molecule has 1 N–H and O–H groups in total. The summed E-state index contributed by atoms with van der Waals surface area (Å²) in [6.45, 7) is 1.97. The van der Waals surface area contributed by atoms with E-state index in [9.17, 15) is 4.79 Å². The summed E-state index contributed by atoms with van der Waals surface area (Å²) < 4.78 is 2.44. The highest BCUT2D eigenvalue weighted by atomic mass is 79.9. The van der Waals surface area contributed by atoms with Crippen molar-refractivity contribution in [3.63, 3.8) is 0 Å². The molecule has 0 saturated carbocycles. The first-order chi connectivity index (χ1) is 8.13. The van der Waals surface area contributed by atoms with Crippen molar-refractivity contribution in [3.8, 4) is 5.82 Å². The van der Waals surface area contributed by atoms with Crippen LogP contribution in [-0.2, 0) is 0 Å². The number of amides is 1. The van der Waals surface area contributed by atoms with Gasteiger partial charge in [-0.1, -0.05) is 0 Å². The third kappa shape index (κ3) is 2.21. The van der Waals surface area contributed by atoms with Gasteiger partial charge in [0.2, 0.25) is 0 Å². The summed E-state index contributed by atoms with van der Waals surface area (Å²) in [5, 5.41) is 6.69. The van der Waals surface area contributed by atoms with Crippen molar-refractivity contribution in [3.05, 3.63) is 40.3 Å². The Morgan fingerprint density at radius 3 is 2.94 bits per heavy atom. The molecule has 0 bridgehead atoms. The molecule has 0 aromatic carbocycles. The first-order valence-electron chi connectivity index (χ1n) is 5.02. The van der Waals surface area contributed by atoms with Crippen LogP contribution in [-0.4, -0.2) is 27.7 Å². The molecule has 6 heteroatoms. The maximum Gasteiger partial charge on any atom is 0.271 e. The molecule has 17 heavy (non-hydrogen) atoms. The molecule has 0 radical (unpaired) electrons. The zero-order valence-corrected chi connectivity index (χ0v) is 11.0. The van der Waals surface area contributed by atoms with Gasteiger partial charge in [-0.25, -0.2) is 9.67 Å². The monoisotopic (exact) mass is 294 g/mol. The Kier molecular flexibility index (Phi) is 3.23. The van der Waals surface area contributed by atoms with Crippen LogP contribution in [0.2, 0.25) is 0 Å². The number of hydrogen-bond acceptors (Lipinski definition) is 3. The minimum atomic E-state index is -0.215. The fraction of sp³-hybridized carbons (Fsp3) is 0.182. The van der Waals surface area contributed by atoms with E-state index >= 15 is 0 Å². The highest BCUT2D eigenvalue weighted by Crippen LogP contribution is 2.21. The summed E-state index contributed by atoms with van der Waals surface area (Å²) in [4.78, 5) is 15.6. The standard InChI is InChI=1S/C11H11BrN4O/c1-7-3-5-14-10(9(7)12)16-6-4-8(15-16)11(17)13-2/h3-6H,1-2H3,(H,13,17). The second kappa shape index (κ2) is 4.67. The number of aromatic nitrogens is 3. The quantitative estimate of drug-likeness (QED) is 0.917. The van der Waals surface area contributed by atoms with E-state index in [1.165, 1.54) is 0 Å². The zero-order valence-electron chi connectivity index (χ0n) is 9.44. The second-order valence-corrected chi connectivity index (χ2v) is 4.28. The van der Waals surface area contributed by atoms with Crippen molar-refractivity contribution in [2.24, 2.45) is 0 Å². The van der Waals surface area contributed by atoms with Gasteiger partial charge in [0.15, 0.2) is 11.5 Å². The van der Waals surface area contributed by atoms with E-state index < -0.39 is 0 Å². The minimum Gasteiger partial charge on any atom is -0.354 e. The lowest BCUT2D eigenvalue weighted by Crippen LogP contribution is -2.18. The third-order valence-corrected chi connectivity index (χ3v) is 3.31. The van der Waals surface area contributed by atoms with E-state index in [1.54, 1.807) is 30.2 Å². The molecular formula is C11H11BrN4O. The maximum absolute atomic E-state index is 11.4. The van der Waals surface area contributed by atoms with Crippen LogP contribution < -0.4 is 5.32 Å². The summed E-state index contributed by atoms with van der Waals surface area (Å²) in [5.41, 5.74) is 1.43. The molecule has 0 aliphatic rings. The summed E-state index contributed by atoms with van der Waals surface area (Å²) in [6, 6.07) is 3.55. The predicted octanol–water partition coefficient (Wildman–Crippen LogP) is 1.70. The molecule has 0 fully saturated rings. The number of nitrogens with one attached hydrogen (secondary N) is 1. The molecular weight excluding hydrogens is 284 g/mol. The van der Waals surface area contributed by atoms with Crippen LogP contribution in [0.1, 0.15) is 16.1 Å². The zero-order chi connectivity index (χ0) is 12.4. The van der Waals surface area contributed by atoms with Crippen molar-refractivity contribution in [1.82, 2.24) is 20.1 Å². The van der Waals surface area contributed by atoms with E-state index in [-0.39, 0.29) is 5.91 Å². The first-order valence-corrected chi connectivity index (χ1v) is 5.82. The fourth-order valence-corrected chi connectivity index (χ4v) is 1.79. The van der Waals surface area contributed by atoms with E-state index in [1.807, 2.05) is 13.0 Å². The van der Waals surface area contributed by atoms with Gasteiger partial charge in [-0.05, 0) is 40.5 Å². The van der Waals surface area contributed by atoms with Crippen molar-refractivity contribution >= 4 is 21.8 Å². The van der Waals surface area contributed by atoms with Gasteiger partial charge in [0.25, 0.3) is 5.91 Å². The molecule has 0 aliphatic heterocycles. The van der Waals surface area contributed by atoms with Crippen LogP contribution in [0, 0.1) is 6.92 Å². The Hall–Kier alpha value is -1.69. The number of rotatable bonds is 2.